The first-order chi connectivity index (χ1) is 8.11. The van der Waals surface area contributed by atoms with Gasteiger partial charge in [0, 0.05) is 12.7 Å². The van der Waals surface area contributed by atoms with Gasteiger partial charge in [-0.05, 0) is 12.1 Å². The second-order valence-corrected chi connectivity index (χ2v) is 3.09. The monoisotopic (exact) mass is 246 g/mol. The number of alkyl halides is 2. The quantitative estimate of drug-likeness (QED) is 0.728. The van der Waals surface area contributed by atoms with Crippen molar-refractivity contribution >= 4 is 5.91 Å². The number of nitrogens with one attached hydrogen (secondary N) is 1. The van der Waals surface area contributed by atoms with Crippen molar-refractivity contribution in [3.63, 3.8) is 0 Å². The van der Waals surface area contributed by atoms with Gasteiger partial charge in [-0.3, -0.25) is 4.79 Å². The maximum absolute atomic E-state index is 11.7. The minimum absolute atomic E-state index is 0.0241. The van der Waals surface area contributed by atoms with Gasteiger partial charge in [-0.2, -0.15) is 0 Å². The molecule has 1 heterocycles. The lowest BCUT2D eigenvalue weighted by atomic mass is 10.3. The Morgan fingerprint density at radius 2 is 2.35 bits per heavy atom. The molecule has 0 fully saturated rings. The van der Waals surface area contributed by atoms with Crippen molar-refractivity contribution in [1.82, 2.24) is 10.3 Å². The Hall–Kier alpha value is -1.76. The summed E-state index contributed by atoms with van der Waals surface area (Å²) in [6, 6.07) is 2.81. The van der Waals surface area contributed by atoms with E-state index in [0.29, 0.717) is 0 Å². The third-order valence-electron chi connectivity index (χ3n) is 1.78. The Morgan fingerprint density at radius 1 is 1.59 bits per heavy atom. The molecule has 0 saturated heterocycles. The van der Waals surface area contributed by atoms with Crippen molar-refractivity contribution in [3.05, 3.63) is 24.0 Å². The van der Waals surface area contributed by atoms with E-state index in [1.807, 2.05) is 0 Å². The molecule has 2 N–H and O–H groups in total. The Labute approximate surface area is 96.4 Å². The number of amides is 1. The molecule has 0 radical (unpaired) electrons. The van der Waals surface area contributed by atoms with Gasteiger partial charge in [-0.25, -0.2) is 13.8 Å². The van der Waals surface area contributed by atoms with Crippen LogP contribution in [0.15, 0.2) is 18.3 Å². The van der Waals surface area contributed by atoms with Crippen LogP contribution in [-0.4, -0.2) is 42.2 Å². The van der Waals surface area contributed by atoms with E-state index < -0.39 is 18.9 Å². The van der Waals surface area contributed by atoms with Crippen LogP contribution in [0.3, 0.4) is 0 Å². The van der Waals surface area contributed by atoms with Crippen molar-refractivity contribution in [1.29, 1.82) is 0 Å². The number of hydrogen-bond donors (Lipinski definition) is 2. The summed E-state index contributed by atoms with van der Waals surface area (Å²) in [5.41, 5.74) is -0.110. The van der Waals surface area contributed by atoms with E-state index in [2.05, 4.69) is 15.0 Å². The molecular formula is C10H12F2N2O3. The minimum Gasteiger partial charge on any atom is -0.505 e. The summed E-state index contributed by atoms with van der Waals surface area (Å²) >= 11 is 0. The van der Waals surface area contributed by atoms with Crippen LogP contribution < -0.4 is 5.32 Å². The van der Waals surface area contributed by atoms with E-state index in [9.17, 15) is 18.7 Å². The number of aromatic hydroxyl groups is 1. The minimum atomic E-state index is -2.52. The van der Waals surface area contributed by atoms with Gasteiger partial charge < -0.3 is 15.2 Å². The van der Waals surface area contributed by atoms with Crippen LogP contribution in [0.5, 0.6) is 5.75 Å². The zero-order valence-electron chi connectivity index (χ0n) is 8.90. The van der Waals surface area contributed by atoms with Crippen molar-refractivity contribution in [2.75, 3.05) is 19.8 Å². The average Bonchev–Trinajstić information content (AvgIpc) is 2.28. The summed E-state index contributed by atoms with van der Waals surface area (Å²) in [4.78, 5) is 15.1. The highest BCUT2D eigenvalue weighted by atomic mass is 19.3. The number of aromatic nitrogens is 1. The van der Waals surface area contributed by atoms with Crippen molar-refractivity contribution in [3.8, 4) is 5.75 Å². The molecule has 7 heteroatoms. The lowest BCUT2D eigenvalue weighted by Crippen LogP contribution is -2.28. The van der Waals surface area contributed by atoms with E-state index >= 15 is 0 Å². The molecule has 94 valence electrons. The SMILES string of the molecule is O=C(NCCOCC(F)F)c1ncccc1O. The van der Waals surface area contributed by atoms with E-state index in [4.69, 9.17) is 0 Å². The summed E-state index contributed by atoms with van der Waals surface area (Å²) in [5.74, 6) is -0.817. The fourth-order valence-corrected chi connectivity index (χ4v) is 1.06. The predicted molar refractivity (Wildman–Crippen MR) is 55.1 cm³/mol. The lowest BCUT2D eigenvalue weighted by Gasteiger charge is -2.06. The highest BCUT2D eigenvalue weighted by Gasteiger charge is 2.11. The molecule has 1 amide bonds. The number of halogens is 2. The van der Waals surface area contributed by atoms with Gasteiger partial charge in [0.05, 0.1) is 6.61 Å². The van der Waals surface area contributed by atoms with Crippen LogP contribution in [0.25, 0.3) is 0 Å². The van der Waals surface area contributed by atoms with Gasteiger partial charge in [0.25, 0.3) is 12.3 Å². The summed E-state index contributed by atoms with van der Waals surface area (Å²) in [6.07, 6.45) is -1.16. The molecule has 17 heavy (non-hydrogen) atoms. The molecule has 0 aliphatic heterocycles. The molecule has 0 aliphatic carbocycles. The van der Waals surface area contributed by atoms with Gasteiger partial charge in [0.15, 0.2) is 5.69 Å². The third-order valence-corrected chi connectivity index (χ3v) is 1.78. The molecular weight excluding hydrogens is 234 g/mol. The molecule has 1 aromatic rings. The van der Waals surface area contributed by atoms with Crippen LogP contribution in [-0.2, 0) is 4.74 Å². The fourth-order valence-electron chi connectivity index (χ4n) is 1.06. The first-order valence-corrected chi connectivity index (χ1v) is 4.89. The molecule has 0 aliphatic rings. The molecule has 0 saturated carbocycles. The normalized spacial score (nSPS) is 10.5. The van der Waals surface area contributed by atoms with Crippen molar-refractivity contribution in [2.24, 2.45) is 0 Å². The third kappa shape index (κ3) is 4.73. The smallest absolute Gasteiger partial charge is 0.273 e. The molecule has 0 bridgehead atoms. The van der Waals surface area contributed by atoms with Crippen LogP contribution in [0.4, 0.5) is 8.78 Å². The van der Waals surface area contributed by atoms with Crippen LogP contribution >= 0.6 is 0 Å². The number of hydrogen-bond acceptors (Lipinski definition) is 4. The highest BCUT2D eigenvalue weighted by Crippen LogP contribution is 2.11. The van der Waals surface area contributed by atoms with E-state index in [1.54, 1.807) is 0 Å². The molecule has 0 aromatic carbocycles. The van der Waals surface area contributed by atoms with Crippen molar-refractivity contribution in [2.45, 2.75) is 6.43 Å². The molecule has 1 aromatic heterocycles. The number of nitrogens with zero attached hydrogens (tertiary/aromatic N) is 1. The Kier molecular flexibility index (Phi) is 5.28. The zero-order chi connectivity index (χ0) is 12.7. The zero-order valence-corrected chi connectivity index (χ0v) is 8.90. The van der Waals surface area contributed by atoms with E-state index in [0.717, 1.165) is 0 Å². The van der Waals surface area contributed by atoms with Crippen LogP contribution in [0.2, 0.25) is 0 Å². The second kappa shape index (κ2) is 6.74. The second-order valence-electron chi connectivity index (χ2n) is 3.09. The predicted octanol–water partition coefficient (Wildman–Crippen LogP) is 0.799. The van der Waals surface area contributed by atoms with Gasteiger partial charge in [0.1, 0.15) is 12.4 Å². The van der Waals surface area contributed by atoms with Gasteiger partial charge in [0.2, 0.25) is 0 Å². The number of ether oxygens (including phenoxy) is 1. The first kappa shape index (κ1) is 13.3. The Morgan fingerprint density at radius 3 is 3.00 bits per heavy atom. The molecule has 5 nitrogen and oxygen atoms in total. The maximum Gasteiger partial charge on any atom is 0.273 e. The van der Waals surface area contributed by atoms with Crippen molar-refractivity contribution < 1.29 is 23.4 Å². The summed E-state index contributed by atoms with van der Waals surface area (Å²) in [5, 5.41) is 11.7. The lowest BCUT2D eigenvalue weighted by molar-refractivity contribution is 0.0188. The number of pyridine rings is 1. The van der Waals surface area contributed by atoms with Gasteiger partial charge >= 0.3 is 0 Å². The first-order valence-electron chi connectivity index (χ1n) is 4.89. The Balaban J connectivity index is 2.29. The molecule has 1 rings (SSSR count). The Bertz CT molecular complexity index is 374. The maximum atomic E-state index is 11.7. The van der Waals surface area contributed by atoms with Crippen LogP contribution in [0, 0.1) is 0 Å². The summed E-state index contributed by atoms with van der Waals surface area (Å²) < 4.78 is 27.9. The van der Waals surface area contributed by atoms with Gasteiger partial charge in [-0.1, -0.05) is 0 Å². The molecule has 0 atom stereocenters. The molecule has 0 unspecified atom stereocenters. The summed E-state index contributed by atoms with van der Waals surface area (Å²) in [6.45, 7) is -0.615. The van der Waals surface area contributed by atoms with E-state index in [-0.39, 0.29) is 24.6 Å². The summed E-state index contributed by atoms with van der Waals surface area (Å²) in [7, 11) is 0. The molecule has 0 spiro atoms. The number of carbonyl (C=O) groups excluding carboxylic acids is 1. The van der Waals surface area contributed by atoms with E-state index in [1.165, 1.54) is 18.3 Å². The topological polar surface area (TPSA) is 71.5 Å². The number of rotatable bonds is 6. The van der Waals surface area contributed by atoms with Crippen LogP contribution in [0.1, 0.15) is 10.5 Å². The fraction of sp³-hybridized carbons (Fsp3) is 0.400. The largest absolute Gasteiger partial charge is 0.505 e. The standard InChI is InChI=1S/C10H12F2N2O3/c11-8(12)6-17-5-4-14-10(16)9-7(15)2-1-3-13-9/h1-3,8,15H,4-6H2,(H,14,16). The van der Waals surface area contributed by atoms with Gasteiger partial charge in [-0.15, -0.1) is 0 Å². The number of carbonyl (C=O) groups is 1. The highest BCUT2D eigenvalue weighted by molar-refractivity contribution is 5.94. The average molecular weight is 246 g/mol.